The zero-order chi connectivity index (χ0) is 15.2. The van der Waals surface area contributed by atoms with Gasteiger partial charge in [-0.2, -0.15) is 0 Å². The average Bonchev–Trinajstić information content (AvgIpc) is 3.06. The molecule has 2 rings (SSSR count). The Labute approximate surface area is 124 Å². The molecule has 2 unspecified atom stereocenters. The first-order valence-corrected chi connectivity index (χ1v) is 6.82. The molecule has 114 valence electrons. The largest absolute Gasteiger partial charge is 0.497 e. The van der Waals surface area contributed by atoms with Crippen molar-refractivity contribution in [3.63, 3.8) is 0 Å². The number of rotatable bonds is 7. The van der Waals surface area contributed by atoms with Crippen LogP contribution in [0.4, 0.5) is 0 Å². The quantitative estimate of drug-likeness (QED) is 0.821. The van der Waals surface area contributed by atoms with E-state index in [9.17, 15) is 5.11 Å². The Morgan fingerprint density at radius 1 is 1.19 bits per heavy atom. The van der Waals surface area contributed by atoms with E-state index in [2.05, 4.69) is 5.32 Å². The highest BCUT2D eigenvalue weighted by molar-refractivity contribution is 5.39. The minimum absolute atomic E-state index is 0.0298. The molecule has 5 nitrogen and oxygen atoms in total. The van der Waals surface area contributed by atoms with E-state index in [4.69, 9.17) is 13.9 Å². The van der Waals surface area contributed by atoms with Gasteiger partial charge in [0.1, 0.15) is 17.3 Å². The van der Waals surface area contributed by atoms with Crippen molar-refractivity contribution in [2.75, 3.05) is 20.8 Å². The predicted octanol–water partition coefficient (Wildman–Crippen LogP) is 2.68. The molecule has 1 aromatic carbocycles. The summed E-state index contributed by atoms with van der Waals surface area (Å²) >= 11 is 0. The fourth-order valence-electron chi connectivity index (χ4n) is 2.07. The molecule has 0 saturated carbocycles. The number of aliphatic hydroxyl groups is 1. The van der Waals surface area contributed by atoms with Gasteiger partial charge in [-0.05, 0) is 36.8 Å². The number of hydrogen-bond acceptors (Lipinski definition) is 5. The Hall–Kier alpha value is -1.98. The molecule has 0 radical (unpaired) electrons. The molecule has 1 aromatic heterocycles. The summed E-state index contributed by atoms with van der Waals surface area (Å²) in [5, 5.41) is 13.5. The van der Waals surface area contributed by atoms with Crippen LogP contribution in [0.2, 0.25) is 0 Å². The van der Waals surface area contributed by atoms with Crippen molar-refractivity contribution >= 4 is 0 Å². The Balaban J connectivity index is 2.01. The number of ether oxygens (including phenoxy) is 2. The Morgan fingerprint density at radius 3 is 2.38 bits per heavy atom. The van der Waals surface area contributed by atoms with Crippen LogP contribution in [-0.4, -0.2) is 25.9 Å². The van der Waals surface area contributed by atoms with E-state index in [0.29, 0.717) is 18.0 Å². The van der Waals surface area contributed by atoms with Crippen molar-refractivity contribution in [1.82, 2.24) is 5.32 Å². The summed E-state index contributed by atoms with van der Waals surface area (Å²) in [4.78, 5) is 0. The average molecular weight is 291 g/mol. The maximum Gasteiger partial charge on any atom is 0.122 e. The SMILES string of the molecule is COc1cc(OC)cc(C(O)CNC(C)c2ccco2)c1. The van der Waals surface area contributed by atoms with Crippen molar-refractivity contribution in [2.24, 2.45) is 0 Å². The molecule has 1 heterocycles. The summed E-state index contributed by atoms with van der Waals surface area (Å²) in [6.07, 6.45) is 0.975. The lowest BCUT2D eigenvalue weighted by molar-refractivity contribution is 0.168. The van der Waals surface area contributed by atoms with Crippen LogP contribution in [0.5, 0.6) is 11.5 Å². The second-order valence-corrected chi connectivity index (χ2v) is 4.81. The van der Waals surface area contributed by atoms with Gasteiger partial charge < -0.3 is 24.3 Å². The van der Waals surface area contributed by atoms with Gasteiger partial charge in [-0.1, -0.05) is 0 Å². The lowest BCUT2D eigenvalue weighted by Gasteiger charge is -2.17. The molecule has 2 N–H and O–H groups in total. The molecule has 21 heavy (non-hydrogen) atoms. The summed E-state index contributed by atoms with van der Waals surface area (Å²) in [5.41, 5.74) is 0.741. The molecule has 0 amide bonds. The maximum absolute atomic E-state index is 10.3. The van der Waals surface area contributed by atoms with E-state index >= 15 is 0 Å². The number of benzene rings is 1. The van der Waals surface area contributed by atoms with E-state index in [0.717, 1.165) is 11.3 Å². The molecule has 2 aromatic rings. The van der Waals surface area contributed by atoms with Crippen LogP contribution in [-0.2, 0) is 0 Å². The highest BCUT2D eigenvalue weighted by Crippen LogP contribution is 2.26. The topological polar surface area (TPSA) is 63.9 Å². The third-order valence-corrected chi connectivity index (χ3v) is 3.35. The summed E-state index contributed by atoms with van der Waals surface area (Å²) in [6, 6.07) is 9.14. The molecule has 5 heteroatoms. The van der Waals surface area contributed by atoms with Gasteiger partial charge in [-0.25, -0.2) is 0 Å². The molecule has 0 aliphatic rings. The van der Waals surface area contributed by atoms with Crippen molar-refractivity contribution in [3.05, 3.63) is 47.9 Å². The van der Waals surface area contributed by atoms with Gasteiger partial charge in [0, 0.05) is 12.6 Å². The van der Waals surface area contributed by atoms with E-state index in [1.54, 1.807) is 38.7 Å². The fraction of sp³-hybridized carbons (Fsp3) is 0.375. The normalized spacial score (nSPS) is 13.7. The molecule has 0 fully saturated rings. The molecule has 0 aliphatic heterocycles. The van der Waals surface area contributed by atoms with Crippen LogP contribution in [0.3, 0.4) is 0 Å². The van der Waals surface area contributed by atoms with Gasteiger partial charge in [0.2, 0.25) is 0 Å². The smallest absolute Gasteiger partial charge is 0.122 e. The van der Waals surface area contributed by atoms with E-state index in [1.807, 2.05) is 19.1 Å². The van der Waals surface area contributed by atoms with Gasteiger partial charge >= 0.3 is 0 Å². The molecule has 0 bridgehead atoms. The van der Waals surface area contributed by atoms with Crippen LogP contribution in [0.25, 0.3) is 0 Å². The Bertz CT molecular complexity index is 531. The van der Waals surface area contributed by atoms with Crippen LogP contribution in [0, 0.1) is 0 Å². The molecule has 2 atom stereocenters. The zero-order valence-corrected chi connectivity index (χ0v) is 12.5. The van der Waals surface area contributed by atoms with E-state index in [1.165, 1.54) is 0 Å². The van der Waals surface area contributed by atoms with Gasteiger partial charge in [0.25, 0.3) is 0 Å². The number of methoxy groups -OCH3 is 2. The highest BCUT2D eigenvalue weighted by Gasteiger charge is 2.14. The number of furan rings is 1. The summed E-state index contributed by atoms with van der Waals surface area (Å²) in [6.45, 7) is 2.38. The van der Waals surface area contributed by atoms with Gasteiger partial charge in [0.15, 0.2) is 0 Å². The maximum atomic E-state index is 10.3. The summed E-state index contributed by atoms with van der Waals surface area (Å²) in [7, 11) is 3.17. The fourth-order valence-corrected chi connectivity index (χ4v) is 2.07. The van der Waals surface area contributed by atoms with E-state index in [-0.39, 0.29) is 6.04 Å². The van der Waals surface area contributed by atoms with Crippen LogP contribution in [0.1, 0.15) is 30.4 Å². The van der Waals surface area contributed by atoms with Crippen LogP contribution < -0.4 is 14.8 Å². The first-order valence-electron chi connectivity index (χ1n) is 6.82. The van der Waals surface area contributed by atoms with Crippen LogP contribution in [0.15, 0.2) is 41.0 Å². The molecule has 0 aliphatic carbocycles. The molecular formula is C16H21NO4. The summed E-state index contributed by atoms with van der Waals surface area (Å²) < 4.78 is 15.7. The van der Waals surface area contributed by atoms with Crippen molar-refractivity contribution in [3.8, 4) is 11.5 Å². The van der Waals surface area contributed by atoms with Gasteiger partial charge in [0.05, 0.1) is 32.6 Å². The first kappa shape index (κ1) is 15.4. The van der Waals surface area contributed by atoms with Crippen LogP contribution >= 0.6 is 0 Å². The minimum atomic E-state index is -0.661. The number of aliphatic hydroxyl groups excluding tert-OH is 1. The van der Waals surface area contributed by atoms with Gasteiger partial charge in [-0.3, -0.25) is 0 Å². The Morgan fingerprint density at radius 2 is 1.86 bits per heavy atom. The molecule has 0 saturated heterocycles. The molecular weight excluding hydrogens is 270 g/mol. The van der Waals surface area contributed by atoms with Crippen molar-refractivity contribution in [2.45, 2.75) is 19.1 Å². The molecule has 0 spiro atoms. The number of hydrogen-bond donors (Lipinski definition) is 2. The summed E-state index contributed by atoms with van der Waals surface area (Å²) in [5.74, 6) is 2.15. The minimum Gasteiger partial charge on any atom is -0.497 e. The monoisotopic (exact) mass is 291 g/mol. The second-order valence-electron chi connectivity index (χ2n) is 4.81. The third-order valence-electron chi connectivity index (χ3n) is 3.35. The zero-order valence-electron chi connectivity index (χ0n) is 12.5. The standard InChI is InChI=1S/C16H21NO4/c1-11(16-5-4-6-21-16)17-10-15(18)12-7-13(19-2)9-14(8-12)20-3/h4-9,11,15,17-18H,10H2,1-3H3. The van der Waals surface area contributed by atoms with Gasteiger partial charge in [-0.15, -0.1) is 0 Å². The Kier molecular flexibility index (Phi) is 5.25. The lowest BCUT2D eigenvalue weighted by atomic mass is 10.1. The number of nitrogens with one attached hydrogen (secondary N) is 1. The second kappa shape index (κ2) is 7.15. The van der Waals surface area contributed by atoms with Crippen molar-refractivity contribution < 1.29 is 19.0 Å². The highest BCUT2D eigenvalue weighted by atomic mass is 16.5. The van der Waals surface area contributed by atoms with Crippen molar-refractivity contribution in [1.29, 1.82) is 0 Å². The predicted molar refractivity (Wildman–Crippen MR) is 79.6 cm³/mol. The first-order chi connectivity index (χ1) is 10.1. The van der Waals surface area contributed by atoms with E-state index < -0.39 is 6.10 Å². The lowest BCUT2D eigenvalue weighted by Crippen LogP contribution is -2.24. The third kappa shape index (κ3) is 4.00.